The molecule has 9 heavy (non-hydrogen) atoms. The molecule has 1 saturated heterocycles. The molecule has 0 unspecified atom stereocenters. The molecule has 0 saturated carbocycles. The van der Waals surface area contributed by atoms with Crippen molar-refractivity contribution in [3.05, 3.63) is 0 Å². The number of amides is 1. The molecule has 1 aliphatic rings. The van der Waals surface area contributed by atoms with Gasteiger partial charge >= 0.3 is 0 Å². The summed E-state index contributed by atoms with van der Waals surface area (Å²) >= 11 is 2.30. The quantitative estimate of drug-likeness (QED) is 0.535. The van der Waals surface area contributed by atoms with Crippen LogP contribution in [-0.2, 0) is 4.79 Å². The molecule has 0 aromatic rings. The normalized spacial score (nSPS) is 34.7. The summed E-state index contributed by atoms with van der Waals surface area (Å²) in [4.78, 5) is 10.7. The second-order valence-electron chi connectivity index (χ2n) is 2.51. The van der Waals surface area contributed by atoms with E-state index in [1.165, 1.54) is 0 Å². The number of hydrogen-bond donors (Lipinski definition) is 1. The van der Waals surface area contributed by atoms with Crippen LogP contribution >= 0.6 is 22.6 Å². The maximum atomic E-state index is 10.7. The number of nitrogens with one attached hydrogen (secondary N) is 1. The Morgan fingerprint density at radius 3 is 2.78 bits per heavy atom. The molecular weight excluding hydrogens is 229 g/mol. The highest BCUT2D eigenvalue weighted by Gasteiger charge is 2.27. The minimum Gasteiger partial charge on any atom is -0.352 e. The molecule has 3 heteroatoms. The lowest BCUT2D eigenvalue weighted by Crippen LogP contribution is -2.29. The van der Waals surface area contributed by atoms with Crippen molar-refractivity contribution >= 4 is 28.5 Å². The van der Waals surface area contributed by atoms with E-state index >= 15 is 0 Å². The van der Waals surface area contributed by atoms with Gasteiger partial charge in [-0.25, -0.2) is 0 Å². The Bertz CT molecular complexity index is 126. The van der Waals surface area contributed by atoms with Crippen molar-refractivity contribution in [1.82, 2.24) is 5.32 Å². The summed E-state index contributed by atoms with van der Waals surface area (Å²) in [6.07, 6.45) is 0.716. The third kappa shape index (κ3) is 1.56. The zero-order chi connectivity index (χ0) is 6.85. The van der Waals surface area contributed by atoms with E-state index in [0.29, 0.717) is 18.4 Å². The summed E-state index contributed by atoms with van der Waals surface area (Å²) < 4.78 is 1.03. The first kappa shape index (κ1) is 7.31. The number of hydrogen-bond acceptors (Lipinski definition) is 1. The van der Waals surface area contributed by atoms with Crippen LogP contribution in [0, 0.1) is 5.92 Å². The molecule has 0 radical (unpaired) electrons. The van der Waals surface area contributed by atoms with Crippen molar-refractivity contribution < 1.29 is 4.79 Å². The molecule has 1 heterocycles. The Balaban J connectivity index is 2.47. The maximum Gasteiger partial charge on any atom is 0.220 e. The molecule has 0 spiro atoms. The fourth-order valence-corrected chi connectivity index (χ4v) is 2.12. The summed E-state index contributed by atoms with van der Waals surface area (Å²) in [6.45, 7) is 2.11. The highest BCUT2D eigenvalue weighted by molar-refractivity contribution is 14.1. The van der Waals surface area contributed by atoms with Gasteiger partial charge in [-0.15, -0.1) is 0 Å². The minimum atomic E-state index is 0.212. The molecule has 2 nitrogen and oxygen atoms in total. The van der Waals surface area contributed by atoms with Crippen molar-refractivity contribution in [2.24, 2.45) is 5.92 Å². The lowest BCUT2D eigenvalue weighted by molar-refractivity contribution is -0.119. The molecule has 1 aliphatic heterocycles. The van der Waals surface area contributed by atoms with Crippen LogP contribution in [0.15, 0.2) is 0 Å². The van der Waals surface area contributed by atoms with E-state index in [4.69, 9.17) is 0 Å². The first-order chi connectivity index (χ1) is 4.24. The van der Waals surface area contributed by atoms with E-state index in [1.807, 2.05) is 0 Å². The van der Waals surface area contributed by atoms with Crippen LogP contribution in [0.1, 0.15) is 13.3 Å². The van der Waals surface area contributed by atoms with Crippen LogP contribution in [0.2, 0.25) is 0 Å². The van der Waals surface area contributed by atoms with Crippen LogP contribution in [-0.4, -0.2) is 16.4 Å². The predicted molar refractivity (Wildman–Crippen MR) is 44.6 cm³/mol. The number of halogens is 1. The smallest absolute Gasteiger partial charge is 0.220 e. The Labute approximate surface area is 68.5 Å². The predicted octanol–water partition coefficient (Wildman–Crippen LogP) is 0.946. The number of rotatable bonds is 1. The van der Waals surface area contributed by atoms with E-state index in [1.54, 1.807) is 0 Å². The van der Waals surface area contributed by atoms with Gasteiger partial charge in [0.2, 0.25) is 5.91 Å². The molecule has 0 bridgehead atoms. The average molecular weight is 239 g/mol. The van der Waals surface area contributed by atoms with Gasteiger partial charge in [-0.05, 0) is 5.92 Å². The molecule has 2 atom stereocenters. The molecule has 0 aliphatic carbocycles. The van der Waals surface area contributed by atoms with Crippen LogP contribution < -0.4 is 5.32 Å². The zero-order valence-electron chi connectivity index (χ0n) is 5.36. The van der Waals surface area contributed by atoms with Crippen molar-refractivity contribution in [2.45, 2.75) is 19.4 Å². The summed E-state index contributed by atoms with van der Waals surface area (Å²) in [5.74, 6) is 0.749. The van der Waals surface area contributed by atoms with Crippen LogP contribution in [0.4, 0.5) is 0 Å². The standard InChI is InChI=1S/C6H10INO/c1-4-2-6(9)8-5(4)3-7/h4-5H,2-3H2,1H3,(H,8,9)/t4-,5+/m1/s1. The first-order valence-corrected chi connectivity index (χ1v) is 4.62. The highest BCUT2D eigenvalue weighted by atomic mass is 127. The molecule has 52 valence electrons. The second kappa shape index (κ2) is 2.86. The fourth-order valence-electron chi connectivity index (χ4n) is 1.03. The van der Waals surface area contributed by atoms with Crippen molar-refractivity contribution in [2.75, 3.05) is 4.43 Å². The van der Waals surface area contributed by atoms with Gasteiger partial charge in [-0.3, -0.25) is 4.79 Å². The first-order valence-electron chi connectivity index (χ1n) is 3.09. The van der Waals surface area contributed by atoms with Gasteiger partial charge in [0, 0.05) is 16.9 Å². The van der Waals surface area contributed by atoms with Crippen LogP contribution in [0.5, 0.6) is 0 Å². The van der Waals surface area contributed by atoms with Gasteiger partial charge in [-0.2, -0.15) is 0 Å². The van der Waals surface area contributed by atoms with E-state index in [9.17, 15) is 4.79 Å². The van der Waals surface area contributed by atoms with Crippen molar-refractivity contribution in [1.29, 1.82) is 0 Å². The molecule has 0 aromatic carbocycles. The monoisotopic (exact) mass is 239 g/mol. The van der Waals surface area contributed by atoms with E-state index in [2.05, 4.69) is 34.8 Å². The Morgan fingerprint density at radius 2 is 2.56 bits per heavy atom. The molecule has 0 aromatic heterocycles. The van der Waals surface area contributed by atoms with Crippen LogP contribution in [0.25, 0.3) is 0 Å². The van der Waals surface area contributed by atoms with Crippen LogP contribution in [0.3, 0.4) is 0 Å². The summed E-state index contributed by atoms with van der Waals surface area (Å²) in [5.41, 5.74) is 0. The lowest BCUT2D eigenvalue weighted by atomic mass is 10.1. The lowest BCUT2D eigenvalue weighted by Gasteiger charge is -2.09. The summed E-state index contributed by atoms with van der Waals surface area (Å²) in [6, 6.07) is 0.429. The summed E-state index contributed by atoms with van der Waals surface area (Å²) in [5, 5.41) is 2.91. The Hall–Kier alpha value is 0.200. The number of carbonyl (C=O) groups is 1. The topological polar surface area (TPSA) is 29.1 Å². The van der Waals surface area contributed by atoms with Gasteiger partial charge in [0.15, 0.2) is 0 Å². The maximum absolute atomic E-state index is 10.7. The SMILES string of the molecule is C[C@@H]1CC(=O)N[C@H]1CI. The number of carbonyl (C=O) groups excluding carboxylic acids is 1. The Morgan fingerprint density at radius 1 is 1.89 bits per heavy atom. The highest BCUT2D eigenvalue weighted by Crippen LogP contribution is 2.16. The Kier molecular flexibility index (Phi) is 2.32. The van der Waals surface area contributed by atoms with E-state index in [0.717, 1.165) is 4.43 Å². The molecule has 1 fully saturated rings. The van der Waals surface area contributed by atoms with Gasteiger partial charge in [0.1, 0.15) is 0 Å². The van der Waals surface area contributed by atoms with Crippen molar-refractivity contribution in [3.63, 3.8) is 0 Å². The van der Waals surface area contributed by atoms with Gasteiger partial charge < -0.3 is 5.32 Å². The molecule has 1 N–H and O–H groups in total. The van der Waals surface area contributed by atoms with E-state index in [-0.39, 0.29) is 5.91 Å². The largest absolute Gasteiger partial charge is 0.352 e. The van der Waals surface area contributed by atoms with Crippen molar-refractivity contribution in [3.8, 4) is 0 Å². The van der Waals surface area contributed by atoms with Gasteiger partial charge in [0.05, 0.1) is 0 Å². The zero-order valence-corrected chi connectivity index (χ0v) is 7.51. The van der Waals surface area contributed by atoms with Gasteiger partial charge in [-0.1, -0.05) is 29.5 Å². The fraction of sp³-hybridized carbons (Fsp3) is 0.833. The third-order valence-corrected chi connectivity index (χ3v) is 2.66. The van der Waals surface area contributed by atoms with E-state index < -0.39 is 0 Å². The summed E-state index contributed by atoms with van der Waals surface area (Å²) in [7, 11) is 0. The molecule has 1 rings (SSSR count). The second-order valence-corrected chi connectivity index (χ2v) is 3.39. The average Bonchev–Trinajstić information content (AvgIpc) is 2.10. The number of alkyl halides is 1. The molecular formula is C6H10INO. The molecule has 1 amide bonds. The minimum absolute atomic E-state index is 0.212. The third-order valence-electron chi connectivity index (χ3n) is 1.71. The van der Waals surface area contributed by atoms with Gasteiger partial charge in [0.25, 0.3) is 0 Å².